The molecule has 2 aliphatic rings. The van der Waals surface area contributed by atoms with E-state index >= 15 is 0 Å². The number of amides is 1. The van der Waals surface area contributed by atoms with Crippen LogP contribution in [0.4, 0.5) is 5.69 Å². The lowest BCUT2D eigenvalue weighted by atomic mass is 9.94. The number of hydrogen-bond acceptors (Lipinski definition) is 5. The van der Waals surface area contributed by atoms with Crippen LogP contribution in [0.15, 0.2) is 48.7 Å². The van der Waals surface area contributed by atoms with Gasteiger partial charge in [0.1, 0.15) is 0 Å². The van der Waals surface area contributed by atoms with Gasteiger partial charge in [0.2, 0.25) is 0 Å². The van der Waals surface area contributed by atoms with Crippen LogP contribution in [0.25, 0.3) is 10.9 Å². The molecule has 7 heteroatoms. The van der Waals surface area contributed by atoms with Crippen LogP contribution in [0.5, 0.6) is 0 Å². The topological polar surface area (TPSA) is 69.5 Å². The predicted octanol–water partition coefficient (Wildman–Crippen LogP) is 5.31. The van der Waals surface area contributed by atoms with Crippen LogP contribution in [-0.2, 0) is 19.4 Å². The molecule has 204 valence electrons. The summed E-state index contributed by atoms with van der Waals surface area (Å²) in [5.41, 5.74) is 5.29. The lowest BCUT2D eigenvalue weighted by Crippen LogP contribution is -2.50. The summed E-state index contributed by atoms with van der Waals surface area (Å²) < 4.78 is 4.56. The van der Waals surface area contributed by atoms with Gasteiger partial charge < -0.3 is 24.6 Å². The molecule has 1 saturated carbocycles. The molecule has 1 aliphatic carbocycles. The highest BCUT2D eigenvalue weighted by Gasteiger charge is 2.27. The van der Waals surface area contributed by atoms with Crippen molar-refractivity contribution in [2.45, 2.75) is 88.8 Å². The van der Waals surface area contributed by atoms with Crippen LogP contribution in [-0.4, -0.2) is 52.6 Å². The Hall–Kier alpha value is -2.48. The van der Waals surface area contributed by atoms with Gasteiger partial charge >= 0.3 is 0 Å². The Morgan fingerprint density at radius 3 is 2.66 bits per heavy atom. The van der Waals surface area contributed by atoms with Crippen molar-refractivity contribution in [1.82, 2.24) is 15.2 Å². The van der Waals surface area contributed by atoms with Crippen molar-refractivity contribution in [1.29, 1.82) is 0 Å². The van der Waals surface area contributed by atoms with Gasteiger partial charge in [0.15, 0.2) is 0 Å². The van der Waals surface area contributed by atoms with Gasteiger partial charge in [-0.05, 0) is 67.8 Å². The van der Waals surface area contributed by atoms with Crippen LogP contribution >= 0.6 is 11.9 Å². The third kappa shape index (κ3) is 6.05. The zero-order valence-electron chi connectivity index (χ0n) is 23.0. The SMILES string of the molecule is CCc1cn2c3c(cc(C(=O)N[C@@H](Cc4ccccc4)[C@H](O)CNC4CCCCC4)cc13)N(C)SC(C)C2. The Labute approximate surface area is 231 Å². The van der Waals surface area contributed by atoms with Crippen molar-refractivity contribution >= 4 is 34.4 Å². The number of nitrogens with zero attached hydrogens (tertiary/aromatic N) is 2. The van der Waals surface area contributed by atoms with Crippen molar-refractivity contribution < 1.29 is 9.90 Å². The van der Waals surface area contributed by atoms with E-state index in [0.717, 1.165) is 42.4 Å². The number of aliphatic hydroxyl groups is 1. The van der Waals surface area contributed by atoms with Crippen LogP contribution in [0.1, 0.15) is 67.4 Å². The Morgan fingerprint density at radius 2 is 1.92 bits per heavy atom. The number of aromatic nitrogens is 1. The number of anilines is 1. The molecule has 1 amide bonds. The molecule has 38 heavy (non-hydrogen) atoms. The molecule has 1 unspecified atom stereocenters. The van der Waals surface area contributed by atoms with Gasteiger partial charge in [-0.2, -0.15) is 0 Å². The highest BCUT2D eigenvalue weighted by Crippen LogP contribution is 2.39. The molecule has 0 saturated heterocycles. The Balaban J connectivity index is 1.40. The number of carbonyl (C=O) groups is 1. The van der Waals surface area contributed by atoms with E-state index in [1.54, 1.807) is 11.9 Å². The van der Waals surface area contributed by atoms with E-state index in [1.807, 2.05) is 30.3 Å². The molecule has 0 bridgehead atoms. The summed E-state index contributed by atoms with van der Waals surface area (Å²) >= 11 is 1.80. The van der Waals surface area contributed by atoms with E-state index in [9.17, 15) is 9.90 Å². The molecular weight excluding hydrogens is 492 g/mol. The molecular formula is C31H42N4O2S. The first-order valence-corrected chi connectivity index (χ1v) is 15.1. The summed E-state index contributed by atoms with van der Waals surface area (Å²) in [5.74, 6) is -0.133. The fourth-order valence-corrected chi connectivity index (χ4v) is 7.08. The smallest absolute Gasteiger partial charge is 0.251 e. The second-order valence-corrected chi connectivity index (χ2v) is 12.6. The number of carbonyl (C=O) groups excluding carboxylic acids is 1. The Kier molecular flexibility index (Phi) is 8.66. The number of aryl methyl sites for hydroxylation is 1. The third-order valence-electron chi connectivity index (χ3n) is 8.11. The summed E-state index contributed by atoms with van der Waals surface area (Å²) in [6.45, 7) is 5.84. The Morgan fingerprint density at radius 1 is 1.16 bits per heavy atom. The molecule has 6 nitrogen and oxygen atoms in total. The largest absolute Gasteiger partial charge is 0.390 e. The van der Waals surface area contributed by atoms with Crippen LogP contribution in [0.2, 0.25) is 0 Å². The van der Waals surface area contributed by atoms with Gasteiger partial charge in [-0.3, -0.25) is 4.79 Å². The van der Waals surface area contributed by atoms with Crippen molar-refractivity contribution in [3.05, 3.63) is 65.4 Å². The minimum atomic E-state index is -0.683. The Bertz CT molecular complexity index is 1240. The van der Waals surface area contributed by atoms with Crippen LogP contribution < -0.4 is 14.9 Å². The molecule has 2 heterocycles. The number of benzene rings is 2. The van der Waals surface area contributed by atoms with E-state index < -0.39 is 12.1 Å². The minimum Gasteiger partial charge on any atom is -0.390 e. The highest BCUT2D eigenvalue weighted by atomic mass is 32.2. The van der Waals surface area contributed by atoms with Crippen molar-refractivity contribution in [3.8, 4) is 0 Å². The first-order chi connectivity index (χ1) is 18.4. The summed E-state index contributed by atoms with van der Waals surface area (Å²) in [6, 6.07) is 14.3. The molecule has 1 fully saturated rings. The normalized spacial score (nSPS) is 19.8. The molecule has 2 aromatic carbocycles. The molecule has 3 atom stereocenters. The maximum absolute atomic E-state index is 13.8. The number of aliphatic hydroxyl groups excluding tert-OH is 1. The number of nitrogens with one attached hydrogen (secondary N) is 2. The second kappa shape index (κ2) is 12.1. The fourth-order valence-electron chi connectivity index (χ4n) is 6.06. The minimum absolute atomic E-state index is 0.133. The number of hydrogen-bond donors (Lipinski definition) is 3. The number of rotatable bonds is 9. The van der Waals surface area contributed by atoms with E-state index in [2.05, 4.69) is 58.7 Å². The maximum Gasteiger partial charge on any atom is 0.251 e. The van der Waals surface area contributed by atoms with Gasteiger partial charge in [-0.15, -0.1) is 0 Å². The summed E-state index contributed by atoms with van der Waals surface area (Å²) in [5, 5.41) is 19.7. The van der Waals surface area contributed by atoms with Crippen LogP contribution in [0, 0.1) is 0 Å². The molecule has 0 spiro atoms. The van der Waals surface area contributed by atoms with Crippen molar-refractivity contribution in [2.24, 2.45) is 0 Å². The van der Waals surface area contributed by atoms with Gasteiger partial charge in [0.25, 0.3) is 5.91 Å². The lowest BCUT2D eigenvalue weighted by Gasteiger charge is -2.28. The molecule has 3 aromatic rings. The fraction of sp³-hybridized carbons (Fsp3) is 0.516. The van der Waals surface area contributed by atoms with Crippen LogP contribution in [0.3, 0.4) is 0 Å². The summed E-state index contributed by atoms with van der Waals surface area (Å²) in [6.07, 6.45) is 9.19. The summed E-state index contributed by atoms with van der Waals surface area (Å²) in [7, 11) is 2.09. The molecule has 0 radical (unpaired) electrons. The van der Waals surface area contributed by atoms with Crippen molar-refractivity contribution in [2.75, 3.05) is 17.9 Å². The maximum atomic E-state index is 13.8. The average molecular weight is 535 g/mol. The van der Waals surface area contributed by atoms with E-state index in [0.29, 0.717) is 29.8 Å². The van der Waals surface area contributed by atoms with Gasteiger partial charge in [0.05, 0.1) is 23.3 Å². The predicted molar refractivity (Wildman–Crippen MR) is 159 cm³/mol. The second-order valence-electron chi connectivity index (χ2n) is 11.0. The van der Waals surface area contributed by atoms with E-state index in [-0.39, 0.29) is 5.91 Å². The molecule has 5 rings (SSSR count). The monoisotopic (exact) mass is 534 g/mol. The molecule has 3 N–H and O–H groups in total. The molecule has 1 aliphatic heterocycles. The van der Waals surface area contributed by atoms with Crippen molar-refractivity contribution in [3.63, 3.8) is 0 Å². The zero-order valence-corrected chi connectivity index (χ0v) is 23.8. The first-order valence-electron chi connectivity index (χ1n) is 14.3. The van der Waals surface area contributed by atoms with Gasteiger partial charge in [-0.1, -0.05) is 56.5 Å². The van der Waals surface area contributed by atoms with E-state index in [4.69, 9.17) is 0 Å². The van der Waals surface area contributed by atoms with Gasteiger partial charge in [-0.25, -0.2) is 0 Å². The first kappa shape index (κ1) is 27.1. The lowest BCUT2D eigenvalue weighted by molar-refractivity contribution is 0.0821. The third-order valence-corrected chi connectivity index (χ3v) is 9.13. The quantitative estimate of drug-likeness (QED) is 0.325. The summed E-state index contributed by atoms with van der Waals surface area (Å²) in [4.78, 5) is 13.8. The van der Waals surface area contributed by atoms with Gasteiger partial charge in [0, 0.05) is 48.6 Å². The zero-order chi connectivity index (χ0) is 26.6. The standard InChI is InChI=1S/C31H42N4O2S/c1-4-23-20-35-19-21(2)38-34(3)28-17-24(16-26(23)30(28)35)31(37)33-27(15-22-11-7-5-8-12-22)29(36)18-32-25-13-9-6-10-14-25/h5,7-8,11-12,16-17,20-21,25,27,29,32,36H,4,6,9-10,13-15,18-19H2,1-3H3,(H,33,37)/t21?,27-,29+/m0/s1. The molecule has 1 aromatic heterocycles. The van der Waals surface area contributed by atoms with E-state index in [1.165, 1.54) is 30.3 Å². The average Bonchev–Trinajstić information content (AvgIpc) is 3.22. The highest BCUT2D eigenvalue weighted by molar-refractivity contribution is 8.01.